The Balaban J connectivity index is 1.56. The van der Waals surface area contributed by atoms with Crippen molar-refractivity contribution in [3.8, 4) is 0 Å². The van der Waals surface area contributed by atoms with E-state index in [1.54, 1.807) is 19.0 Å². The average Bonchev–Trinajstić information content (AvgIpc) is 3.20. The van der Waals surface area contributed by atoms with Crippen molar-refractivity contribution < 1.29 is 22.8 Å². The highest BCUT2D eigenvalue weighted by atomic mass is 32.2. The number of rotatable bonds is 5. The molecule has 0 saturated carbocycles. The lowest BCUT2D eigenvalue weighted by Gasteiger charge is -2.29. The maximum Gasteiger partial charge on any atom is 0.256 e. The second-order valence-electron chi connectivity index (χ2n) is 9.66. The van der Waals surface area contributed by atoms with Crippen molar-refractivity contribution in [2.45, 2.75) is 44.6 Å². The van der Waals surface area contributed by atoms with Gasteiger partial charge in [-0.3, -0.25) is 14.4 Å². The van der Waals surface area contributed by atoms with E-state index in [0.29, 0.717) is 54.6 Å². The van der Waals surface area contributed by atoms with Crippen LogP contribution in [0.4, 0.5) is 5.00 Å². The number of anilines is 1. The summed E-state index contributed by atoms with van der Waals surface area (Å²) in [5.41, 5.74) is 1.61. The van der Waals surface area contributed by atoms with Gasteiger partial charge in [0, 0.05) is 51.1 Å². The molecule has 36 heavy (non-hydrogen) atoms. The third-order valence-electron chi connectivity index (χ3n) is 6.85. The Morgan fingerprint density at radius 3 is 2.28 bits per heavy atom. The predicted molar refractivity (Wildman–Crippen MR) is 139 cm³/mol. The summed E-state index contributed by atoms with van der Waals surface area (Å²) >= 11 is 1.30. The van der Waals surface area contributed by atoms with Gasteiger partial charge >= 0.3 is 0 Å². The molecule has 2 aliphatic rings. The van der Waals surface area contributed by atoms with E-state index >= 15 is 0 Å². The van der Waals surface area contributed by atoms with Gasteiger partial charge < -0.3 is 15.1 Å². The van der Waals surface area contributed by atoms with Gasteiger partial charge in [0.2, 0.25) is 15.9 Å². The Kier molecular flexibility index (Phi) is 7.53. The van der Waals surface area contributed by atoms with Crippen molar-refractivity contribution >= 4 is 44.1 Å². The first kappa shape index (κ1) is 26.3. The summed E-state index contributed by atoms with van der Waals surface area (Å²) in [6, 6.07) is 5.90. The van der Waals surface area contributed by atoms with Crippen LogP contribution < -0.4 is 5.32 Å². The van der Waals surface area contributed by atoms with Crippen molar-refractivity contribution in [3.05, 3.63) is 45.8 Å². The Hall–Kier alpha value is -2.76. The van der Waals surface area contributed by atoms with Crippen LogP contribution >= 0.6 is 11.3 Å². The second kappa shape index (κ2) is 10.3. The first-order chi connectivity index (χ1) is 17.0. The molecule has 1 N–H and O–H groups in total. The zero-order valence-electron chi connectivity index (χ0n) is 21.0. The Morgan fingerprint density at radius 2 is 1.69 bits per heavy atom. The van der Waals surface area contributed by atoms with Gasteiger partial charge in [0.1, 0.15) is 5.00 Å². The molecule has 0 bridgehead atoms. The number of carbonyl (C=O) groups is 3. The number of benzene rings is 1. The molecule has 0 atom stereocenters. The van der Waals surface area contributed by atoms with Crippen LogP contribution in [0.15, 0.2) is 29.2 Å². The van der Waals surface area contributed by atoms with Crippen LogP contribution in [-0.2, 0) is 27.8 Å². The molecule has 1 aromatic heterocycles. The molecule has 2 aliphatic heterocycles. The van der Waals surface area contributed by atoms with Gasteiger partial charge in [0.25, 0.3) is 11.8 Å². The minimum atomic E-state index is -3.61. The van der Waals surface area contributed by atoms with Crippen molar-refractivity contribution in [2.75, 3.05) is 39.0 Å². The van der Waals surface area contributed by atoms with E-state index < -0.39 is 15.9 Å². The van der Waals surface area contributed by atoms with E-state index in [9.17, 15) is 22.8 Å². The maximum atomic E-state index is 13.1. The van der Waals surface area contributed by atoms with Crippen LogP contribution in [-0.4, -0.2) is 74.0 Å². The van der Waals surface area contributed by atoms with E-state index in [0.717, 1.165) is 23.3 Å². The van der Waals surface area contributed by atoms with Crippen LogP contribution in [0.2, 0.25) is 0 Å². The Morgan fingerprint density at radius 1 is 1.06 bits per heavy atom. The molecular weight excluding hydrogens is 500 g/mol. The van der Waals surface area contributed by atoms with Crippen molar-refractivity contribution in [1.82, 2.24) is 14.1 Å². The molecule has 1 fully saturated rings. The summed E-state index contributed by atoms with van der Waals surface area (Å²) < 4.78 is 27.5. The molecule has 11 heteroatoms. The second-order valence-corrected chi connectivity index (χ2v) is 12.7. The number of piperidine rings is 1. The number of fused-ring (bicyclic) bond motifs is 1. The number of nitrogens with zero attached hydrogens (tertiary/aromatic N) is 3. The molecule has 0 radical (unpaired) electrons. The van der Waals surface area contributed by atoms with Crippen molar-refractivity contribution in [3.63, 3.8) is 0 Å². The number of hydrogen-bond acceptors (Lipinski definition) is 6. The van der Waals surface area contributed by atoms with Gasteiger partial charge in [-0.2, -0.15) is 4.31 Å². The lowest BCUT2D eigenvalue weighted by Crippen LogP contribution is -2.37. The van der Waals surface area contributed by atoms with Gasteiger partial charge in [-0.15, -0.1) is 11.3 Å². The number of sulfonamides is 1. The summed E-state index contributed by atoms with van der Waals surface area (Å²) in [7, 11) is -0.292. The number of amides is 3. The number of hydrogen-bond donors (Lipinski definition) is 1. The van der Waals surface area contributed by atoms with Gasteiger partial charge in [-0.05, 0) is 55.0 Å². The first-order valence-electron chi connectivity index (χ1n) is 12.0. The molecule has 194 valence electrons. The van der Waals surface area contributed by atoms with E-state index in [1.165, 1.54) is 51.7 Å². The van der Waals surface area contributed by atoms with Gasteiger partial charge in [0.15, 0.2) is 0 Å². The molecule has 0 unspecified atom stereocenters. The quantitative estimate of drug-likeness (QED) is 0.637. The van der Waals surface area contributed by atoms with Crippen molar-refractivity contribution in [1.29, 1.82) is 0 Å². The number of carbonyl (C=O) groups excluding carboxylic acids is 3. The zero-order valence-corrected chi connectivity index (χ0v) is 22.7. The van der Waals surface area contributed by atoms with Gasteiger partial charge in [-0.1, -0.05) is 6.92 Å². The molecule has 3 amide bonds. The van der Waals surface area contributed by atoms with E-state index in [2.05, 4.69) is 12.2 Å². The third kappa shape index (κ3) is 5.18. The minimum Gasteiger partial charge on any atom is -0.345 e. The van der Waals surface area contributed by atoms with Crippen LogP contribution in [0.1, 0.15) is 57.8 Å². The van der Waals surface area contributed by atoms with E-state index in [4.69, 9.17) is 0 Å². The third-order valence-corrected chi connectivity index (χ3v) is 9.89. The highest BCUT2D eigenvalue weighted by molar-refractivity contribution is 7.89. The summed E-state index contributed by atoms with van der Waals surface area (Å²) in [6.45, 7) is 5.56. The Bertz CT molecular complexity index is 1280. The molecule has 4 rings (SSSR count). The number of thiophene rings is 1. The monoisotopic (exact) mass is 532 g/mol. The topological polar surface area (TPSA) is 107 Å². The smallest absolute Gasteiger partial charge is 0.256 e. The molecule has 2 aromatic rings. The molecule has 1 aromatic carbocycles. The van der Waals surface area contributed by atoms with Crippen LogP contribution in [0, 0.1) is 5.92 Å². The summed E-state index contributed by atoms with van der Waals surface area (Å²) in [4.78, 5) is 42.2. The summed E-state index contributed by atoms with van der Waals surface area (Å²) in [5.74, 6) is -0.161. The maximum absolute atomic E-state index is 13.1. The fourth-order valence-electron chi connectivity index (χ4n) is 4.54. The standard InChI is InChI=1S/C25H32N4O5S2/c1-16-9-13-29(14-10-16)36(33,34)19-7-5-18(6-8-19)23(31)26-24-22(25(32)27(3)4)20-11-12-28(17(2)30)15-21(20)35-24/h5-8,16H,9-15H2,1-4H3,(H,26,31). The van der Waals surface area contributed by atoms with Crippen molar-refractivity contribution in [2.24, 2.45) is 5.92 Å². The van der Waals surface area contributed by atoms with Crippen LogP contribution in [0.25, 0.3) is 0 Å². The molecule has 0 spiro atoms. The molecule has 1 saturated heterocycles. The molecule has 3 heterocycles. The SMILES string of the molecule is CC(=O)N1CCc2c(sc(NC(=O)c3ccc(S(=O)(=O)N4CCC(C)CC4)cc3)c2C(=O)N(C)C)C1. The average molecular weight is 533 g/mol. The van der Waals surface area contributed by atoms with Gasteiger partial charge in [0.05, 0.1) is 17.0 Å². The van der Waals surface area contributed by atoms with Crippen LogP contribution in [0.3, 0.4) is 0 Å². The number of nitrogens with one attached hydrogen (secondary N) is 1. The van der Waals surface area contributed by atoms with Gasteiger partial charge in [-0.25, -0.2) is 8.42 Å². The lowest BCUT2D eigenvalue weighted by atomic mass is 10.0. The van der Waals surface area contributed by atoms with E-state index in [1.807, 2.05) is 0 Å². The highest BCUT2D eigenvalue weighted by Crippen LogP contribution is 2.38. The fraction of sp³-hybridized carbons (Fsp3) is 0.480. The van der Waals surface area contributed by atoms with E-state index in [-0.39, 0.29) is 16.7 Å². The zero-order chi connectivity index (χ0) is 26.2. The normalized spacial score (nSPS) is 16.9. The summed E-state index contributed by atoms with van der Waals surface area (Å²) in [5, 5.41) is 3.30. The molecular formula is C25H32N4O5S2. The largest absolute Gasteiger partial charge is 0.345 e. The Labute approximate surface area is 216 Å². The molecule has 9 nitrogen and oxygen atoms in total. The van der Waals surface area contributed by atoms with Crippen LogP contribution in [0.5, 0.6) is 0 Å². The first-order valence-corrected chi connectivity index (χ1v) is 14.3. The predicted octanol–water partition coefficient (Wildman–Crippen LogP) is 3.03. The summed E-state index contributed by atoms with van der Waals surface area (Å²) in [6.07, 6.45) is 2.21. The highest BCUT2D eigenvalue weighted by Gasteiger charge is 2.31. The minimum absolute atomic E-state index is 0.0331. The fourth-order valence-corrected chi connectivity index (χ4v) is 7.26. The lowest BCUT2D eigenvalue weighted by molar-refractivity contribution is -0.129. The molecule has 0 aliphatic carbocycles.